The predicted molar refractivity (Wildman–Crippen MR) is 109 cm³/mol. The molecule has 1 aromatic heterocycles. The lowest BCUT2D eigenvalue weighted by atomic mass is 10.1. The number of methoxy groups -OCH3 is 2. The average molecular weight is 396 g/mol. The van der Waals surface area contributed by atoms with Gasteiger partial charge in [0.1, 0.15) is 11.5 Å². The fourth-order valence-electron chi connectivity index (χ4n) is 2.61. The Bertz CT molecular complexity index is 970. The number of amides is 2. The second kappa shape index (κ2) is 9.05. The highest BCUT2D eigenvalue weighted by molar-refractivity contribution is 7.12. The molecule has 3 aromatic rings. The zero-order valence-electron chi connectivity index (χ0n) is 15.5. The van der Waals surface area contributed by atoms with Crippen LogP contribution in [-0.2, 0) is 6.54 Å². The molecule has 1 heterocycles. The Balaban J connectivity index is 1.66. The molecular formula is C21H20N2O4S. The van der Waals surface area contributed by atoms with Crippen LogP contribution in [0.15, 0.2) is 60.0 Å². The van der Waals surface area contributed by atoms with Crippen LogP contribution in [0.25, 0.3) is 0 Å². The number of benzene rings is 2. The van der Waals surface area contributed by atoms with Gasteiger partial charge >= 0.3 is 0 Å². The van der Waals surface area contributed by atoms with Gasteiger partial charge in [-0.1, -0.05) is 12.1 Å². The van der Waals surface area contributed by atoms with Crippen LogP contribution in [0.5, 0.6) is 11.5 Å². The third-order valence-corrected chi connectivity index (χ3v) is 4.93. The van der Waals surface area contributed by atoms with E-state index in [0.29, 0.717) is 34.2 Å². The summed E-state index contributed by atoms with van der Waals surface area (Å²) in [6.45, 7) is 0.303. The summed E-state index contributed by atoms with van der Waals surface area (Å²) in [6.07, 6.45) is 0. The summed E-state index contributed by atoms with van der Waals surface area (Å²) in [5, 5.41) is 7.51. The Kier molecular flexibility index (Phi) is 6.29. The highest BCUT2D eigenvalue weighted by atomic mass is 32.1. The molecule has 0 aliphatic heterocycles. The van der Waals surface area contributed by atoms with Crippen molar-refractivity contribution >= 4 is 28.8 Å². The zero-order valence-corrected chi connectivity index (χ0v) is 16.3. The summed E-state index contributed by atoms with van der Waals surface area (Å²) in [5.74, 6) is 0.873. The Morgan fingerprint density at radius 3 is 2.54 bits per heavy atom. The average Bonchev–Trinajstić information content (AvgIpc) is 3.27. The number of thiophene rings is 1. The van der Waals surface area contributed by atoms with Crippen LogP contribution in [-0.4, -0.2) is 26.0 Å². The third-order valence-electron chi connectivity index (χ3n) is 4.06. The van der Waals surface area contributed by atoms with E-state index in [2.05, 4.69) is 10.6 Å². The summed E-state index contributed by atoms with van der Waals surface area (Å²) >= 11 is 1.36. The van der Waals surface area contributed by atoms with E-state index in [9.17, 15) is 9.59 Å². The van der Waals surface area contributed by atoms with E-state index < -0.39 is 0 Å². The van der Waals surface area contributed by atoms with Crippen molar-refractivity contribution in [1.29, 1.82) is 0 Å². The summed E-state index contributed by atoms with van der Waals surface area (Å²) in [6, 6.07) is 15.8. The molecule has 0 saturated heterocycles. The normalized spacial score (nSPS) is 10.2. The van der Waals surface area contributed by atoms with Gasteiger partial charge < -0.3 is 20.1 Å². The molecule has 7 heteroatoms. The first kappa shape index (κ1) is 19.4. The topological polar surface area (TPSA) is 76.7 Å². The molecule has 2 amide bonds. The monoisotopic (exact) mass is 396 g/mol. The van der Waals surface area contributed by atoms with E-state index in [1.54, 1.807) is 50.6 Å². The highest BCUT2D eigenvalue weighted by Crippen LogP contribution is 2.24. The van der Waals surface area contributed by atoms with E-state index >= 15 is 0 Å². The predicted octanol–water partition coefficient (Wildman–Crippen LogP) is 3.95. The van der Waals surface area contributed by atoms with E-state index in [0.717, 1.165) is 5.56 Å². The first-order valence-electron chi connectivity index (χ1n) is 8.54. The lowest BCUT2D eigenvalue weighted by Gasteiger charge is -2.12. The van der Waals surface area contributed by atoms with Crippen molar-refractivity contribution in [2.24, 2.45) is 0 Å². The van der Waals surface area contributed by atoms with E-state index in [-0.39, 0.29) is 11.8 Å². The maximum absolute atomic E-state index is 12.5. The maximum atomic E-state index is 12.5. The molecule has 2 aromatic carbocycles. The van der Waals surface area contributed by atoms with Crippen LogP contribution >= 0.6 is 11.3 Å². The fourth-order valence-corrected chi connectivity index (χ4v) is 3.23. The second-order valence-corrected chi connectivity index (χ2v) is 6.82. The van der Waals surface area contributed by atoms with Gasteiger partial charge in [0.15, 0.2) is 0 Å². The minimum absolute atomic E-state index is 0.199. The number of carbonyl (C=O) groups is 2. The minimum atomic E-state index is -0.245. The summed E-state index contributed by atoms with van der Waals surface area (Å²) in [5.41, 5.74) is 1.85. The first-order valence-corrected chi connectivity index (χ1v) is 9.42. The molecule has 0 aliphatic rings. The van der Waals surface area contributed by atoms with Gasteiger partial charge in [-0.25, -0.2) is 0 Å². The molecule has 0 radical (unpaired) electrons. The largest absolute Gasteiger partial charge is 0.497 e. The van der Waals surface area contributed by atoms with Gasteiger partial charge in [-0.3, -0.25) is 9.59 Å². The van der Waals surface area contributed by atoms with Gasteiger partial charge in [0.2, 0.25) is 0 Å². The van der Waals surface area contributed by atoms with Gasteiger partial charge in [0, 0.05) is 29.4 Å². The molecule has 0 fully saturated rings. The van der Waals surface area contributed by atoms with Crippen LogP contribution < -0.4 is 20.1 Å². The first-order chi connectivity index (χ1) is 13.6. The van der Waals surface area contributed by atoms with Gasteiger partial charge in [-0.2, -0.15) is 0 Å². The fraction of sp³-hybridized carbons (Fsp3) is 0.143. The van der Waals surface area contributed by atoms with E-state index in [1.165, 1.54) is 11.3 Å². The highest BCUT2D eigenvalue weighted by Gasteiger charge is 2.11. The smallest absolute Gasteiger partial charge is 0.265 e. The molecule has 0 unspecified atom stereocenters. The molecule has 144 valence electrons. The van der Waals surface area contributed by atoms with E-state index in [4.69, 9.17) is 9.47 Å². The van der Waals surface area contributed by atoms with E-state index in [1.807, 2.05) is 23.6 Å². The Hall–Kier alpha value is -3.32. The molecule has 28 heavy (non-hydrogen) atoms. The standard InChI is InChI=1S/C21H20N2O4S/c1-26-17-9-8-15(18(12-17)27-2)13-22-20(24)14-5-3-6-16(11-14)23-21(25)19-7-4-10-28-19/h3-12H,13H2,1-2H3,(H,22,24)(H,23,25). The Labute approximate surface area is 167 Å². The van der Waals surface area contributed by atoms with Crippen LogP contribution in [0, 0.1) is 0 Å². The van der Waals surface area contributed by atoms with Crippen molar-refractivity contribution in [3.05, 3.63) is 76.0 Å². The quantitative estimate of drug-likeness (QED) is 0.634. The summed E-state index contributed by atoms with van der Waals surface area (Å²) in [4.78, 5) is 25.3. The molecule has 3 rings (SSSR count). The number of hydrogen-bond acceptors (Lipinski definition) is 5. The number of carbonyl (C=O) groups excluding carboxylic acids is 2. The number of nitrogens with one attached hydrogen (secondary N) is 2. The maximum Gasteiger partial charge on any atom is 0.265 e. The molecule has 6 nitrogen and oxygen atoms in total. The number of rotatable bonds is 7. The van der Waals surface area contributed by atoms with Crippen molar-refractivity contribution in [3.8, 4) is 11.5 Å². The molecule has 0 spiro atoms. The van der Waals surface area contributed by atoms with Crippen molar-refractivity contribution < 1.29 is 19.1 Å². The Morgan fingerprint density at radius 2 is 1.82 bits per heavy atom. The minimum Gasteiger partial charge on any atom is -0.497 e. The number of hydrogen-bond donors (Lipinski definition) is 2. The number of anilines is 1. The molecule has 0 saturated carbocycles. The van der Waals surface area contributed by atoms with Gasteiger partial charge in [-0.15, -0.1) is 11.3 Å². The van der Waals surface area contributed by atoms with Gasteiger partial charge in [0.25, 0.3) is 11.8 Å². The second-order valence-electron chi connectivity index (χ2n) is 5.87. The van der Waals surface area contributed by atoms with Gasteiger partial charge in [0.05, 0.1) is 19.1 Å². The molecular weight excluding hydrogens is 376 g/mol. The third kappa shape index (κ3) is 4.69. The molecule has 0 bridgehead atoms. The SMILES string of the molecule is COc1ccc(CNC(=O)c2cccc(NC(=O)c3cccs3)c2)c(OC)c1. The zero-order chi connectivity index (χ0) is 19.9. The number of ether oxygens (including phenoxy) is 2. The van der Waals surface area contributed by atoms with Crippen molar-refractivity contribution in [2.75, 3.05) is 19.5 Å². The Morgan fingerprint density at radius 1 is 0.964 bits per heavy atom. The summed E-state index contributed by atoms with van der Waals surface area (Å²) < 4.78 is 10.5. The molecule has 0 atom stereocenters. The van der Waals surface area contributed by atoms with Crippen LogP contribution in [0.4, 0.5) is 5.69 Å². The van der Waals surface area contributed by atoms with Crippen molar-refractivity contribution in [3.63, 3.8) is 0 Å². The van der Waals surface area contributed by atoms with Crippen molar-refractivity contribution in [2.45, 2.75) is 6.54 Å². The molecule has 2 N–H and O–H groups in total. The lowest BCUT2D eigenvalue weighted by Crippen LogP contribution is -2.23. The van der Waals surface area contributed by atoms with Gasteiger partial charge in [-0.05, 0) is 41.8 Å². The van der Waals surface area contributed by atoms with Crippen LogP contribution in [0.3, 0.4) is 0 Å². The van der Waals surface area contributed by atoms with Crippen LogP contribution in [0.1, 0.15) is 25.6 Å². The summed E-state index contributed by atoms with van der Waals surface area (Å²) in [7, 11) is 3.15. The lowest BCUT2D eigenvalue weighted by molar-refractivity contribution is 0.0949. The van der Waals surface area contributed by atoms with Crippen LogP contribution in [0.2, 0.25) is 0 Å². The molecule has 0 aliphatic carbocycles. The van der Waals surface area contributed by atoms with Crippen molar-refractivity contribution in [1.82, 2.24) is 5.32 Å².